The van der Waals surface area contributed by atoms with E-state index in [0.717, 1.165) is 11.1 Å². The first-order chi connectivity index (χ1) is 14.0. The van der Waals surface area contributed by atoms with Crippen LogP contribution in [0.1, 0.15) is 34.3 Å². The highest BCUT2D eigenvalue weighted by Gasteiger charge is 2.28. The number of benzene rings is 2. The fourth-order valence-electron chi connectivity index (χ4n) is 3.59. The van der Waals surface area contributed by atoms with E-state index in [0.29, 0.717) is 43.6 Å². The van der Waals surface area contributed by atoms with Gasteiger partial charge < -0.3 is 15.0 Å². The molecule has 2 aromatic rings. The number of esters is 1. The van der Waals surface area contributed by atoms with Gasteiger partial charge in [-0.25, -0.2) is 4.79 Å². The second-order valence-corrected chi connectivity index (χ2v) is 7.28. The number of hydrogen-bond acceptors (Lipinski definition) is 4. The van der Waals surface area contributed by atoms with Gasteiger partial charge in [0.1, 0.15) is 0 Å². The second kappa shape index (κ2) is 9.37. The maximum atomic E-state index is 12.7. The molecule has 0 spiro atoms. The second-order valence-electron chi connectivity index (χ2n) is 7.28. The summed E-state index contributed by atoms with van der Waals surface area (Å²) in [5, 5.41) is 2.84. The summed E-state index contributed by atoms with van der Waals surface area (Å²) in [6.07, 6.45) is 1.59. The van der Waals surface area contributed by atoms with Crippen molar-refractivity contribution in [3.8, 4) is 0 Å². The molecular formula is C23H26N2O4. The van der Waals surface area contributed by atoms with Crippen LogP contribution >= 0.6 is 0 Å². The number of likely N-dealkylation sites (tertiary alicyclic amines) is 1. The lowest BCUT2D eigenvalue weighted by Crippen LogP contribution is -2.42. The molecule has 2 amide bonds. The third kappa shape index (κ3) is 5.02. The van der Waals surface area contributed by atoms with Gasteiger partial charge in [0, 0.05) is 19.0 Å². The van der Waals surface area contributed by atoms with Crippen molar-refractivity contribution in [1.29, 1.82) is 0 Å². The van der Waals surface area contributed by atoms with Gasteiger partial charge in [0.2, 0.25) is 11.8 Å². The average Bonchev–Trinajstić information content (AvgIpc) is 2.75. The van der Waals surface area contributed by atoms with E-state index in [4.69, 9.17) is 4.74 Å². The third-order valence-corrected chi connectivity index (χ3v) is 5.41. The van der Waals surface area contributed by atoms with E-state index in [1.165, 1.54) is 7.11 Å². The zero-order valence-corrected chi connectivity index (χ0v) is 16.8. The third-order valence-electron chi connectivity index (χ3n) is 5.41. The molecule has 0 bridgehead atoms. The number of para-hydroxylation sites is 1. The molecule has 1 saturated heterocycles. The maximum Gasteiger partial charge on any atom is 0.339 e. The van der Waals surface area contributed by atoms with E-state index >= 15 is 0 Å². The quantitative estimate of drug-likeness (QED) is 0.790. The summed E-state index contributed by atoms with van der Waals surface area (Å²) < 4.78 is 4.77. The van der Waals surface area contributed by atoms with Crippen molar-refractivity contribution < 1.29 is 19.1 Å². The lowest BCUT2D eigenvalue weighted by Gasteiger charge is -2.31. The molecule has 0 aliphatic carbocycles. The summed E-state index contributed by atoms with van der Waals surface area (Å²) in [6.45, 7) is 3.12. The number of carbonyl (C=O) groups excluding carboxylic acids is 3. The van der Waals surface area contributed by atoms with Crippen molar-refractivity contribution in [3.63, 3.8) is 0 Å². The molecule has 0 saturated carbocycles. The zero-order valence-electron chi connectivity index (χ0n) is 16.8. The lowest BCUT2D eigenvalue weighted by atomic mass is 9.95. The van der Waals surface area contributed by atoms with Gasteiger partial charge in [-0.3, -0.25) is 9.59 Å². The van der Waals surface area contributed by atoms with Crippen molar-refractivity contribution >= 4 is 23.5 Å². The average molecular weight is 394 g/mol. The molecule has 3 rings (SSSR count). The zero-order chi connectivity index (χ0) is 20.8. The summed E-state index contributed by atoms with van der Waals surface area (Å²) in [7, 11) is 1.31. The van der Waals surface area contributed by atoms with Crippen LogP contribution < -0.4 is 5.32 Å². The van der Waals surface area contributed by atoms with Crippen molar-refractivity contribution in [3.05, 3.63) is 65.2 Å². The minimum atomic E-state index is -0.488. The number of nitrogens with zero attached hydrogens (tertiary/aromatic N) is 1. The Kier molecular flexibility index (Phi) is 6.65. The molecule has 1 aliphatic rings. The first-order valence-electron chi connectivity index (χ1n) is 9.80. The van der Waals surface area contributed by atoms with E-state index in [1.54, 1.807) is 24.3 Å². The topological polar surface area (TPSA) is 75.7 Å². The lowest BCUT2D eigenvalue weighted by molar-refractivity contribution is -0.133. The smallest absolute Gasteiger partial charge is 0.339 e. The van der Waals surface area contributed by atoms with Crippen LogP contribution in [-0.4, -0.2) is 42.9 Å². The summed E-state index contributed by atoms with van der Waals surface area (Å²) >= 11 is 0. The number of hydrogen-bond donors (Lipinski definition) is 1. The minimum Gasteiger partial charge on any atom is -0.465 e. The van der Waals surface area contributed by atoms with Gasteiger partial charge >= 0.3 is 5.97 Å². The van der Waals surface area contributed by atoms with Crippen molar-refractivity contribution in [2.24, 2.45) is 5.92 Å². The van der Waals surface area contributed by atoms with Gasteiger partial charge in [0.25, 0.3) is 0 Å². The molecule has 0 atom stereocenters. The van der Waals surface area contributed by atoms with Gasteiger partial charge in [-0.05, 0) is 43.0 Å². The Balaban J connectivity index is 1.55. The van der Waals surface area contributed by atoms with Gasteiger partial charge in [0.05, 0.1) is 24.8 Å². The van der Waals surface area contributed by atoms with E-state index in [-0.39, 0.29) is 17.7 Å². The van der Waals surface area contributed by atoms with E-state index in [9.17, 15) is 14.4 Å². The fraction of sp³-hybridized carbons (Fsp3) is 0.348. The highest BCUT2D eigenvalue weighted by atomic mass is 16.5. The molecule has 6 nitrogen and oxygen atoms in total. The molecule has 0 aromatic heterocycles. The van der Waals surface area contributed by atoms with E-state index in [2.05, 4.69) is 5.32 Å². The molecular weight excluding hydrogens is 368 g/mol. The normalized spacial score (nSPS) is 14.3. The van der Waals surface area contributed by atoms with Crippen LogP contribution in [0.25, 0.3) is 0 Å². The fourth-order valence-corrected chi connectivity index (χ4v) is 3.59. The van der Waals surface area contributed by atoms with Crippen molar-refractivity contribution in [2.45, 2.75) is 26.2 Å². The van der Waals surface area contributed by atoms with Crippen LogP contribution in [0.4, 0.5) is 5.69 Å². The molecule has 1 N–H and O–H groups in total. The van der Waals surface area contributed by atoms with E-state index in [1.807, 2.05) is 36.1 Å². The van der Waals surface area contributed by atoms with Crippen LogP contribution in [0.3, 0.4) is 0 Å². The molecule has 29 heavy (non-hydrogen) atoms. The first-order valence-corrected chi connectivity index (χ1v) is 9.80. The Labute approximate surface area is 170 Å². The number of aryl methyl sites for hydroxylation is 1. The first kappa shape index (κ1) is 20.6. The molecule has 0 unspecified atom stereocenters. The number of piperidine rings is 1. The van der Waals surface area contributed by atoms with Crippen LogP contribution in [0.15, 0.2) is 48.5 Å². The maximum absolute atomic E-state index is 12.7. The minimum absolute atomic E-state index is 0.0918. The van der Waals surface area contributed by atoms with Crippen LogP contribution in [0.5, 0.6) is 0 Å². The molecule has 1 heterocycles. The number of methoxy groups -OCH3 is 1. The standard InChI is InChI=1S/C23H26N2O4/c1-16-7-3-4-8-18(16)15-21(26)25-13-11-17(12-14-25)22(27)24-20-10-6-5-9-19(20)23(28)29-2/h3-10,17H,11-15H2,1-2H3,(H,24,27). The van der Waals surface area contributed by atoms with Crippen LogP contribution in [0, 0.1) is 12.8 Å². The monoisotopic (exact) mass is 394 g/mol. The predicted molar refractivity (Wildman–Crippen MR) is 111 cm³/mol. The summed E-state index contributed by atoms with van der Waals surface area (Å²) in [6, 6.07) is 14.7. The SMILES string of the molecule is COC(=O)c1ccccc1NC(=O)C1CCN(C(=O)Cc2ccccc2C)CC1. The van der Waals surface area contributed by atoms with Crippen LogP contribution in [-0.2, 0) is 20.7 Å². The Morgan fingerprint density at radius 1 is 1.03 bits per heavy atom. The highest BCUT2D eigenvalue weighted by Crippen LogP contribution is 2.22. The van der Waals surface area contributed by atoms with Crippen LogP contribution in [0.2, 0.25) is 0 Å². The van der Waals surface area contributed by atoms with Gasteiger partial charge in [0.15, 0.2) is 0 Å². The molecule has 1 fully saturated rings. The Morgan fingerprint density at radius 3 is 2.38 bits per heavy atom. The molecule has 152 valence electrons. The summed E-state index contributed by atoms with van der Waals surface area (Å²) in [5.74, 6) is -0.720. The van der Waals surface area contributed by atoms with Gasteiger partial charge in [-0.1, -0.05) is 36.4 Å². The number of rotatable bonds is 5. The van der Waals surface area contributed by atoms with Crippen molar-refractivity contribution in [2.75, 3.05) is 25.5 Å². The Morgan fingerprint density at radius 2 is 1.69 bits per heavy atom. The van der Waals surface area contributed by atoms with Gasteiger partial charge in [-0.2, -0.15) is 0 Å². The number of amides is 2. The number of nitrogens with one attached hydrogen (secondary N) is 1. The number of ether oxygens (including phenoxy) is 1. The molecule has 1 aliphatic heterocycles. The van der Waals surface area contributed by atoms with E-state index < -0.39 is 5.97 Å². The predicted octanol–water partition coefficient (Wildman–Crippen LogP) is 3.20. The van der Waals surface area contributed by atoms with Crippen molar-refractivity contribution in [1.82, 2.24) is 4.90 Å². The number of anilines is 1. The molecule has 2 aromatic carbocycles. The summed E-state index contributed by atoms with van der Waals surface area (Å²) in [4.78, 5) is 39.0. The summed E-state index contributed by atoms with van der Waals surface area (Å²) in [5.41, 5.74) is 2.92. The largest absolute Gasteiger partial charge is 0.465 e. The molecule has 6 heteroatoms. The molecule has 0 radical (unpaired) electrons. The Bertz CT molecular complexity index is 901. The van der Waals surface area contributed by atoms with Gasteiger partial charge in [-0.15, -0.1) is 0 Å². The highest BCUT2D eigenvalue weighted by molar-refractivity contribution is 6.01. The Hall–Kier alpha value is -3.15. The number of carbonyl (C=O) groups is 3.